The molecule has 0 bridgehead atoms. The Labute approximate surface area is 117 Å². The fourth-order valence-corrected chi connectivity index (χ4v) is 2.62. The fraction of sp³-hybridized carbons (Fsp3) is 0.647. The molecule has 1 unspecified atom stereocenters. The van der Waals surface area contributed by atoms with Crippen LogP contribution in [0.3, 0.4) is 0 Å². The van der Waals surface area contributed by atoms with Crippen molar-refractivity contribution in [3.05, 3.63) is 35.4 Å². The Morgan fingerprint density at radius 1 is 1.16 bits per heavy atom. The Balaban J connectivity index is 1.91. The van der Waals surface area contributed by atoms with Crippen LogP contribution in [-0.4, -0.2) is 19.3 Å². The van der Waals surface area contributed by atoms with Gasteiger partial charge in [-0.25, -0.2) is 0 Å². The zero-order valence-corrected chi connectivity index (χ0v) is 12.9. The number of hydrogen-bond acceptors (Lipinski definition) is 2. The summed E-state index contributed by atoms with van der Waals surface area (Å²) in [6, 6.07) is 10.0. The Bertz CT molecular complexity index is 398. The van der Waals surface area contributed by atoms with E-state index in [2.05, 4.69) is 57.3 Å². The summed E-state index contributed by atoms with van der Waals surface area (Å²) in [5.74, 6) is 0. The molecule has 0 radical (unpaired) electrons. The minimum atomic E-state index is 0.231. The van der Waals surface area contributed by atoms with E-state index in [-0.39, 0.29) is 5.41 Å². The van der Waals surface area contributed by atoms with Gasteiger partial charge in [0.1, 0.15) is 0 Å². The first-order valence-electron chi connectivity index (χ1n) is 7.29. The van der Waals surface area contributed by atoms with E-state index in [9.17, 15) is 0 Å². The Kier molecular flexibility index (Phi) is 4.32. The zero-order valence-electron chi connectivity index (χ0n) is 12.9. The first kappa shape index (κ1) is 14.5. The highest BCUT2D eigenvalue weighted by atomic mass is 16.5. The van der Waals surface area contributed by atoms with Gasteiger partial charge in [-0.2, -0.15) is 0 Å². The van der Waals surface area contributed by atoms with E-state index in [1.54, 1.807) is 7.11 Å². The average molecular weight is 261 g/mol. The summed E-state index contributed by atoms with van der Waals surface area (Å²) in [4.78, 5) is 0. The molecule has 0 saturated heterocycles. The van der Waals surface area contributed by atoms with Crippen LogP contribution < -0.4 is 5.32 Å². The highest BCUT2D eigenvalue weighted by molar-refractivity contribution is 5.29. The number of benzene rings is 1. The molecule has 0 heterocycles. The molecule has 1 aromatic carbocycles. The van der Waals surface area contributed by atoms with Gasteiger partial charge in [0.15, 0.2) is 0 Å². The lowest BCUT2D eigenvalue weighted by Gasteiger charge is -2.36. The van der Waals surface area contributed by atoms with Crippen LogP contribution in [0.5, 0.6) is 0 Å². The van der Waals surface area contributed by atoms with E-state index in [1.807, 2.05) is 0 Å². The van der Waals surface area contributed by atoms with Crippen LogP contribution >= 0.6 is 0 Å². The van der Waals surface area contributed by atoms with E-state index in [0.29, 0.717) is 18.2 Å². The van der Waals surface area contributed by atoms with Crippen LogP contribution in [0, 0.1) is 0 Å². The molecule has 0 amide bonds. The summed E-state index contributed by atoms with van der Waals surface area (Å²) in [7, 11) is 1.80. The third-order valence-corrected chi connectivity index (χ3v) is 4.19. The quantitative estimate of drug-likeness (QED) is 0.890. The standard InChI is InChI=1S/C17H27NO/c1-12(18-15-10-16(11-15)19-5)13-6-8-14(9-7-13)17(2,3)4/h6-9,12,15-16,18H,10-11H2,1-5H3. The monoisotopic (exact) mass is 261 g/mol. The minimum Gasteiger partial charge on any atom is -0.381 e. The smallest absolute Gasteiger partial charge is 0.0601 e. The lowest BCUT2D eigenvalue weighted by atomic mass is 9.85. The molecule has 0 spiro atoms. The van der Waals surface area contributed by atoms with Gasteiger partial charge >= 0.3 is 0 Å². The molecule has 19 heavy (non-hydrogen) atoms. The van der Waals surface area contributed by atoms with Gasteiger partial charge in [0.05, 0.1) is 6.10 Å². The molecule has 1 fully saturated rings. The topological polar surface area (TPSA) is 21.3 Å². The van der Waals surface area contributed by atoms with Crippen molar-refractivity contribution < 1.29 is 4.74 Å². The third kappa shape index (κ3) is 3.58. The normalized spacial score (nSPS) is 24.9. The summed E-state index contributed by atoms with van der Waals surface area (Å²) in [5, 5.41) is 3.68. The molecule has 1 aliphatic carbocycles. The lowest BCUT2D eigenvalue weighted by molar-refractivity contribution is 0.0147. The van der Waals surface area contributed by atoms with Crippen LogP contribution in [0.2, 0.25) is 0 Å². The molecule has 1 N–H and O–H groups in total. The molecule has 1 saturated carbocycles. The highest BCUT2D eigenvalue weighted by Gasteiger charge is 2.29. The zero-order chi connectivity index (χ0) is 14.0. The maximum absolute atomic E-state index is 5.32. The van der Waals surface area contributed by atoms with E-state index in [4.69, 9.17) is 4.74 Å². The van der Waals surface area contributed by atoms with Crippen molar-refractivity contribution in [3.63, 3.8) is 0 Å². The largest absolute Gasteiger partial charge is 0.381 e. The summed E-state index contributed by atoms with van der Waals surface area (Å²) in [6.07, 6.45) is 2.75. The van der Waals surface area contributed by atoms with Gasteiger partial charge in [-0.1, -0.05) is 45.0 Å². The molecular weight excluding hydrogens is 234 g/mol. The summed E-state index contributed by atoms with van der Waals surface area (Å²) in [5.41, 5.74) is 3.00. The van der Waals surface area contributed by atoms with E-state index in [1.165, 1.54) is 11.1 Å². The molecule has 1 aliphatic rings. The van der Waals surface area contributed by atoms with Crippen molar-refractivity contribution in [2.24, 2.45) is 0 Å². The van der Waals surface area contributed by atoms with Crippen LogP contribution in [0.4, 0.5) is 0 Å². The van der Waals surface area contributed by atoms with E-state index < -0.39 is 0 Å². The van der Waals surface area contributed by atoms with Crippen molar-refractivity contribution in [1.82, 2.24) is 5.32 Å². The number of ether oxygens (including phenoxy) is 1. The molecular formula is C17H27NO. The first-order valence-corrected chi connectivity index (χ1v) is 7.29. The molecule has 0 aromatic heterocycles. The van der Waals surface area contributed by atoms with E-state index >= 15 is 0 Å². The SMILES string of the molecule is COC1CC(NC(C)c2ccc(C(C)(C)C)cc2)C1. The number of rotatable bonds is 4. The molecule has 2 heteroatoms. The second-order valence-electron chi connectivity index (χ2n) is 6.79. The maximum atomic E-state index is 5.32. The Hall–Kier alpha value is -0.860. The summed E-state index contributed by atoms with van der Waals surface area (Å²) >= 11 is 0. The molecule has 1 aromatic rings. The van der Waals surface area contributed by atoms with Gasteiger partial charge in [0, 0.05) is 19.2 Å². The van der Waals surface area contributed by atoms with Gasteiger partial charge in [-0.05, 0) is 36.3 Å². The van der Waals surface area contributed by atoms with Gasteiger partial charge < -0.3 is 10.1 Å². The summed E-state index contributed by atoms with van der Waals surface area (Å²) in [6.45, 7) is 9.00. The highest BCUT2D eigenvalue weighted by Crippen LogP contribution is 2.27. The van der Waals surface area contributed by atoms with Crippen molar-refractivity contribution in [1.29, 1.82) is 0 Å². The maximum Gasteiger partial charge on any atom is 0.0601 e. The summed E-state index contributed by atoms with van der Waals surface area (Å²) < 4.78 is 5.32. The van der Waals surface area contributed by atoms with Crippen molar-refractivity contribution in [3.8, 4) is 0 Å². The van der Waals surface area contributed by atoms with Gasteiger partial charge in [0.2, 0.25) is 0 Å². The number of nitrogens with one attached hydrogen (secondary N) is 1. The minimum absolute atomic E-state index is 0.231. The third-order valence-electron chi connectivity index (χ3n) is 4.19. The lowest BCUT2D eigenvalue weighted by Crippen LogP contribution is -2.45. The van der Waals surface area contributed by atoms with Crippen molar-refractivity contribution in [2.45, 2.75) is 64.1 Å². The predicted octanol–water partition coefficient (Wildman–Crippen LogP) is 3.81. The van der Waals surface area contributed by atoms with Gasteiger partial charge in [-0.15, -0.1) is 0 Å². The Morgan fingerprint density at radius 2 is 1.74 bits per heavy atom. The second kappa shape index (κ2) is 5.64. The van der Waals surface area contributed by atoms with Gasteiger partial charge in [0.25, 0.3) is 0 Å². The van der Waals surface area contributed by atoms with Crippen molar-refractivity contribution in [2.75, 3.05) is 7.11 Å². The molecule has 106 valence electrons. The average Bonchev–Trinajstić information content (AvgIpc) is 2.32. The molecule has 2 nitrogen and oxygen atoms in total. The van der Waals surface area contributed by atoms with E-state index in [0.717, 1.165) is 12.8 Å². The number of hydrogen-bond donors (Lipinski definition) is 1. The second-order valence-corrected chi connectivity index (χ2v) is 6.79. The van der Waals surface area contributed by atoms with Gasteiger partial charge in [-0.3, -0.25) is 0 Å². The Morgan fingerprint density at radius 3 is 2.21 bits per heavy atom. The first-order chi connectivity index (χ1) is 8.90. The molecule has 2 rings (SSSR count). The predicted molar refractivity (Wildman–Crippen MR) is 80.5 cm³/mol. The van der Waals surface area contributed by atoms with Crippen molar-refractivity contribution >= 4 is 0 Å². The van der Waals surface area contributed by atoms with Crippen LogP contribution in [0.25, 0.3) is 0 Å². The molecule has 0 aliphatic heterocycles. The van der Waals surface area contributed by atoms with Crippen LogP contribution in [-0.2, 0) is 10.2 Å². The number of methoxy groups -OCH3 is 1. The van der Waals surface area contributed by atoms with Crippen LogP contribution in [0.1, 0.15) is 57.7 Å². The van der Waals surface area contributed by atoms with Crippen LogP contribution in [0.15, 0.2) is 24.3 Å². The molecule has 1 atom stereocenters. The fourth-order valence-electron chi connectivity index (χ4n) is 2.62.